The van der Waals surface area contributed by atoms with E-state index in [1.807, 2.05) is 0 Å². The molecule has 1 heteroatoms. The molecule has 4 atom stereocenters. The largest absolute Gasteiger partial charge is 0.392 e. The Morgan fingerprint density at radius 2 is 1.73 bits per heavy atom. The van der Waals surface area contributed by atoms with Gasteiger partial charge in [-0.25, -0.2) is 0 Å². The van der Waals surface area contributed by atoms with Crippen molar-refractivity contribution in [2.75, 3.05) is 0 Å². The first kappa shape index (κ1) is 21.2. The number of aliphatic hydroxyl groups is 1. The maximum Gasteiger partial charge on any atom is 0.0611 e. The minimum absolute atomic E-state index is 0.170. The van der Waals surface area contributed by atoms with Gasteiger partial charge in [0.15, 0.2) is 0 Å². The van der Waals surface area contributed by atoms with Crippen molar-refractivity contribution in [3.8, 4) is 0 Å². The maximum atomic E-state index is 10.6. The van der Waals surface area contributed by atoms with Gasteiger partial charge in [-0.3, -0.25) is 0 Å². The second-order valence-electron chi connectivity index (χ2n) is 8.34. The van der Waals surface area contributed by atoms with E-state index in [2.05, 4.69) is 57.2 Å². The molecule has 1 fully saturated rings. The van der Waals surface area contributed by atoms with Crippen LogP contribution in [0.2, 0.25) is 0 Å². The van der Waals surface area contributed by atoms with E-state index in [9.17, 15) is 5.11 Å². The molecule has 146 valence electrons. The Labute approximate surface area is 161 Å². The topological polar surface area (TPSA) is 20.2 Å². The molecule has 0 spiro atoms. The highest BCUT2D eigenvalue weighted by molar-refractivity contribution is 5.29. The van der Waals surface area contributed by atoms with Crippen LogP contribution in [0.5, 0.6) is 0 Å². The third kappa shape index (κ3) is 6.27. The van der Waals surface area contributed by atoms with Crippen LogP contribution in [0.1, 0.15) is 108 Å². The van der Waals surface area contributed by atoms with Crippen LogP contribution in [0.25, 0.3) is 0 Å². The van der Waals surface area contributed by atoms with Crippen molar-refractivity contribution in [3.05, 3.63) is 47.5 Å². The molecule has 0 saturated heterocycles. The Bertz CT molecular complexity index is 515. The second kappa shape index (κ2) is 11.6. The van der Waals surface area contributed by atoms with Crippen molar-refractivity contribution in [3.63, 3.8) is 0 Å². The lowest BCUT2D eigenvalue weighted by Crippen LogP contribution is -2.16. The van der Waals surface area contributed by atoms with Crippen LogP contribution in [0.15, 0.2) is 36.4 Å². The molecule has 1 aliphatic rings. The summed E-state index contributed by atoms with van der Waals surface area (Å²) in [6.45, 7) is 6.85. The fourth-order valence-electron chi connectivity index (χ4n) is 4.44. The molecule has 1 N–H and O–H groups in total. The highest BCUT2D eigenvalue weighted by Gasteiger charge is 2.35. The van der Waals surface area contributed by atoms with Gasteiger partial charge >= 0.3 is 0 Å². The molecule has 0 heterocycles. The van der Waals surface area contributed by atoms with Crippen molar-refractivity contribution in [1.82, 2.24) is 0 Å². The summed E-state index contributed by atoms with van der Waals surface area (Å²) in [4.78, 5) is 0. The third-order valence-corrected chi connectivity index (χ3v) is 6.22. The van der Waals surface area contributed by atoms with Crippen LogP contribution in [0, 0.1) is 5.92 Å². The van der Waals surface area contributed by atoms with Gasteiger partial charge in [-0.2, -0.15) is 0 Å². The van der Waals surface area contributed by atoms with E-state index in [1.54, 1.807) is 0 Å². The second-order valence-corrected chi connectivity index (χ2v) is 8.34. The SMILES string of the molecule is CCCC/C=C\C[C@H]1CC[C@@H](O)[C@@H]1c1ccc(C(C)CCCCC)cc1. The number of hydrogen-bond donors (Lipinski definition) is 1. The molecular formula is C25H40O. The number of allylic oxidation sites excluding steroid dienone is 2. The van der Waals surface area contributed by atoms with Crippen LogP contribution in [-0.2, 0) is 0 Å². The maximum absolute atomic E-state index is 10.6. The Hall–Kier alpha value is -1.08. The molecular weight excluding hydrogens is 316 g/mol. The number of unbranched alkanes of at least 4 members (excludes halogenated alkanes) is 4. The number of hydrogen-bond acceptors (Lipinski definition) is 1. The predicted molar refractivity (Wildman–Crippen MR) is 114 cm³/mol. The van der Waals surface area contributed by atoms with E-state index >= 15 is 0 Å². The van der Waals surface area contributed by atoms with Crippen LogP contribution in [0.4, 0.5) is 0 Å². The van der Waals surface area contributed by atoms with Gasteiger partial charge < -0.3 is 5.11 Å². The summed E-state index contributed by atoms with van der Waals surface area (Å²) in [6.07, 6.45) is 16.7. The van der Waals surface area contributed by atoms with Crippen LogP contribution >= 0.6 is 0 Å². The molecule has 2 rings (SSSR count). The van der Waals surface area contributed by atoms with Gasteiger partial charge in [0.2, 0.25) is 0 Å². The first-order valence-electron chi connectivity index (χ1n) is 11.1. The number of benzene rings is 1. The quantitative estimate of drug-likeness (QED) is 0.324. The van der Waals surface area contributed by atoms with Crippen LogP contribution in [0.3, 0.4) is 0 Å². The zero-order valence-electron chi connectivity index (χ0n) is 17.3. The van der Waals surface area contributed by atoms with Crippen molar-refractivity contribution >= 4 is 0 Å². The molecule has 1 unspecified atom stereocenters. The molecule has 1 aromatic carbocycles. The molecule has 0 amide bonds. The predicted octanol–water partition coefficient (Wildman–Crippen LogP) is 7.36. The Balaban J connectivity index is 1.95. The molecule has 1 saturated carbocycles. The van der Waals surface area contributed by atoms with Crippen molar-refractivity contribution < 1.29 is 5.11 Å². The molecule has 1 aliphatic carbocycles. The standard InChI is InChI=1S/C25H40O/c1-4-6-8-9-11-13-22-18-19-24(26)25(22)23-16-14-21(15-17-23)20(3)12-10-7-5-2/h9,11,14-17,20,22,24-26H,4-8,10,12-13,18-19H2,1-3H3/b11-9-/t20?,22-,24+,25-/m0/s1. The van der Waals surface area contributed by atoms with E-state index < -0.39 is 0 Å². The average Bonchev–Trinajstić information content (AvgIpc) is 3.02. The van der Waals surface area contributed by atoms with E-state index in [-0.39, 0.29) is 6.10 Å². The molecule has 0 aromatic heterocycles. The normalized spacial score (nSPS) is 24.4. The van der Waals surface area contributed by atoms with Gasteiger partial charge in [-0.1, -0.05) is 89.3 Å². The lowest BCUT2D eigenvalue weighted by Gasteiger charge is -2.22. The highest BCUT2D eigenvalue weighted by atomic mass is 16.3. The molecule has 26 heavy (non-hydrogen) atoms. The zero-order valence-corrected chi connectivity index (χ0v) is 17.3. The van der Waals surface area contributed by atoms with Crippen LogP contribution < -0.4 is 0 Å². The highest BCUT2D eigenvalue weighted by Crippen LogP contribution is 2.42. The van der Waals surface area contributed by atoms with Crippen molar-refractivity contribution in [2.45, 2.75) is 103 Å². The Kier molecular flexibility index (Phi) is 9.46. The minimum Gasteiger partial charge on any atom is -0.392 e. The van der Waals surface area contributed by atoms with Crippen molar-refractivity contribution in [1.29, 1.82) is 0 Å². The number of rotatable bonds is 11. The van der Waals surface area contributed by atoms with Gasteiger partial charge in [0, 0.05) is 5.92 Å². The Morgan fingerprint density at radius 1 is 1.00 bits per heavy atom. The third-order valence-electron chi connectivity index (χ3n) is 6.22. The zero-order chi connectivity index (χ0) is 18.8. The molecule has 0 bridgehead atoms. The first-order valence-corrected chi connectivity index (χ1v) is 11.1. The summed E-state index contributed by atoms with van der Waals surface area (Å²) in [5.41, 5.74) is 2.79. The average molecular weight is 357 g/mol. The molecule has 1 nitrogen and oxygen atoms in total. The summed E-state index contributed by atoms with van der Waals surface area (Å²) in [7, 11) is 0. The fraction of sp³-hybridized carbons (Fsp3) is 0.680. The first-order chi connectivity index (χ1) is 12.7. The monoisotopic (exact) mass is 356 g/mol. The van der Waals surface area contributed by atoms with Gasteiger partial charge in [0.25, 0.3) is 0 Å². The fourth-order valence-corrected chi connectivity index (χ4v) is 4.44. The summed E-state index contributed by atoms with van der Waals surface area (Å²) < 4.78 is 0. The summed E-state index contributed by atoms with van der Waals surface area (Å²) in [5, 5.41) is 10.6. The van der Waals surface area contributed by atoms with Gasteiger partial charge in [0.05, 0.1) is 6.10 Å². The van der Waals surface area contributed by atoms with Gasteiger partial charge in [0.1, 0.15) is 0 Å². The molecule has 0 radical (unpaired) electrons. The minimum atomic E-state index is -0.170. The van der Waals surface area contributed by atoms with E-state index in [4.69, 9.17) is 0 Å². The van der Waals surface area contributed by atoms with E-state index in [0.717, 1.165) is 19.3 Å². The van der Waals surface area contributed by atoms with Crippen molar-refractivity contribution in [2.24, 2.45) is 5.92 Å². The van der Waals surface area contributed by atoms with Crippen LogP contribution in [-0.4, -0.2) is 11.2 Å². The summed E-state index contributed by atoms with van der Waals surface area (Å²) >= 11 is 0. The van der Waals surface area contributed by atoms with E-state index in [1.165, 1.54) is 56.1 Å². The lowest BCUT2D eigenvalue weighted by atomic mass is 9.84. The lowest BCUT2D eigenvalue weighted by molar-refractivity contribution is 0.155. The van der Waals surface area contributed by atoms with Gasteiger partial charge in [-0.15, -0.1) is 0 Å². The van der Waals surface area contributed by atoms with E-state index in [0.29, 0.717) is 17.8 Å². The smallest absolute Gasteiger partial charge is 0.0611 e. The summed E-state index contributed by atoms with van der Waals surface area (Å²) in [5.74, 6) is 1.55. The Morgan fingerprint density at radius 3 is 2.42 bits per heavy atom. The molecule has 0 aliphatic heterocycles. The van der Waals surface area contributed by atoms with Gasteiger partial charge in [-0.05, 0) is 55.1 Å². The summed E-state index contributed by atoms with van der Waals surface area (Å²) in [6, 6.07) is 9.20. The number of aliphatic hydroxyl groups excluding tert-OH is 1. The molecule has 1 aromatic rings.